The number of nitrogens with zero attached hydrogens (tertiary/aromatic N) is 4. The maximum atomic E-state index is 15.1. The van der Waals surface area contributed by atoms with E-state index in [1.165, 1.54) is 17.4 Å². The van der Waals surface area contributed by atoms with Gasteiger partial charge in [0, 0.05) is 48.3 Å². The minimum Gasteiger partial charge on any atom is -0.375 e. The first-order valence-corrected chi connectivity index (χ1v) is 15.3. The highest BCUT2D eigenvalue weighted by Gasteiger charge is 2.20. The van der Waals surface area contributed by atoms with Crippen LogP contribution in [0.3, 0.4) is 0 Å². The molecule has 230 valence electrons. The van der Waals surface area contributed by atoms with Crippen molar-refractivity contribution in [2.75, 3.05) is 44.4 Å². The lowest BCUT2D eigenvalue weighted by Gasteiger charge is -2.34. The Hall–Kier alpha value is -4.32. The summed E-state index contributed by atoms with van der Waals surface area (Å²) in [5.41, 5.74) is 3.99. The molecule has 0 spiro atoms. The highest BCUT2D eigenvalue weighted by Crippen LogP contribution is 2.32. The van der Waals surface area contributed by atoms with Crippen LogP contribution in [0.25, 0.3) is 21.3 Å². The number of piperazine rings is 1. The second-order valence-corrected chi connectivity index (χ2v) is 12.1. The van der Waals surface area contributed by atoms with E-state index in [1.54, 1.807) is 25.1 Å². The number of allylic oxidation sites excluding steroid dienone is 2. The van der Waals surface area contributed by atoms with Gasteiger partial charge in [-0.25, -0.2) is 9.07 Å². The van der Waals surface area contributed by atoms with Gasteiger partial charge < -0.3 is 20.6 Å². The monoisotopic (exact) mass is 616 g/mol. The zero-order chi connectivity index (χ0) is 31.5. The lowest BCUT2D eigenvalue weighted by Crippen LogP contribution is -2.40. The maximum absolute atomic E-state index is 15.1. The molecule has 1 aliphatic heterocycles. The van der Waals surface area contributed by atoms with E-state index < -0.39 is 24.0 Å². The van der Waals surface area contributed by atoms with E-state index in [0.717, 1.165) is 57.8 Å². The summed E-state index contributed by atoms with van der Waals surface area (Å²) in [5, 5.41) is 21.4. The van der Waals surface area contributed by atoms with Crippen LogP contribution >= 0.6 is 11.3 Å². The number of aromatic nitrogens is 2. The number of aliphatic hydroxyl groups is 1. The molecule has 0 bridgehead atoms. The number of aliphatic hydroxyl groups excluding tert-OH is 1. The summed E-state index contributed by atoms with van der Waals surface area (Å²) in [6.07, 6.45) is 2.82. The molecule has 0 saturated carbocycles. The molecule has 2 aromatic heterocycles. The van der Waals surface area contributed by atoms with Crippen LogP contribution < -0.4 is 16.2 Å². The van der Waals surface area contributed by atoms with Crippen molar-refractivity contribution >= 4 is 38.7 Å². The molecular weight excluding hydrogens is 579 g/mol. The molecular formula is C33H37FN6O3S. The van der Waals surface area contributed by atoms with Crippen LogP contribution in [-0.2, 0) is 6.73 Å². The number of rotatable bonds is 8. The van der Waals surface area contributed by atoms with E-state index in [-0.39, 0.29) is 11.4 Å². The third-order valence-corrected chi connectivity index (χ3v) is 9.11. The number of hydrogen-bond donors (Lipinski definition) is 3. The zero-order valence-electron chi connectivity index (χ0n) is 25.6. The summed E-state index contributed by atoms with van der Waals surface area (Å²) in [5.74, 6) is -1.01. The molecule has 3 heterocycles. The fraction of sp³-hybridized carbons (Fsp3) is 0.303. The largest absolute Gasteiger partial charge is 0.375 e. The van der Waals surface area contributed by atoms with Crippen molar-refractivity contribution in [3.63, 3.8) is 0 Å². The topological polar surface area (TPSA) is 103 Å². The summed E-state index contributed by atoms with van der Waals surface area (Å²) in [6, 6.07) is 13.9. The van der Waals surface area contributed by atoms with Crippen LogP contribution in [0, 0.1) is 12.7 Å². The van der Waals surface area contributed by atoms with Crippen LogP contribution in [0.4, 0.5) is 15.8 Å². The number of halogens is 1. The lowest BCUT2D eigenvalue weighted by molar-refractivity contribution is 0.103. The molecule has 11 heteroatoms. The van der Waals surface area contributed by atoms with Gasteiger partial charge in [-0.05, 0) is 74.7 Å². The quantitative estimate of drug-likeness (QED) is 0.236. The van der Waals surface area contributed by atoms with Gasteiger partial charge >= 0.3 is 0 Å². The number of hydrogen-bond acceptors (Lipinski definition) is 8. The number of anilines is 2. The number of nitrogens with one attached hydrogen (secondary N) is 2. The Balaban J connectivity index is 1.52. The summed E-state index contributed by atoms with van der Waals surface area (Å²) < 4.78 is 17.1. The highest BCUT2D eigenvalue weighted by molar-refractivity contribution is 7.20. The molecule has 0 unspecified atom stereocenters. The van der Waals surface area contributed by atoms with E-state index in [4.69, 9.17) is 0 Å². The molecule has 3 N–H and O–H groups in total. The van der Waals surface area contributed by atoms with Crippen LogP contribution in [0.1, 0.15) is 35.5 Å². The van der Waals surface area contributed by atoms with Crippen LogP contribution in [-0.4, -0.2) is 64.3 Å². The molecule has 5 rings (SSSR count). The molecule has 1 amide bonds. The molecule has 1 saturated heterocycles. The number of likely N-dealkylation sites (N-methyl/N-ethyl adjacent to an activating group) is 2. The van der Waals surface area contributed by atoms with E-state index in [0.29, 0.717) is 21.7 Å². The van der Waals surface area contributed by atoms with E-state index in [1.807, 2.05) is 38.1 Å². The van der Waals surface area contributed by atoms with Crippen molar-refractivity contribution in [2.24, 2.45) is 0 Å². The number of fused-ring (bicyclic) bond motifs is 1. The number of carbonyl (C=O) groups excluding carboxylic acids is 1. The van der Waals surface area contributed by atoms with E-state index in [9.17, 15) is 14.7 Å². The third-order valence-electron chi connectivity index (χ3n) is 8.00. The highest BCUT2D eigenvalue weighted by atomic mass is 32.1. The van der Waals surface area contributed by atoms with Crippen molar-refractivity contribution in [3.05, 3.63) is 98.2 Å². The summed E-state index contributed by atoms with van der Waals surface area (Å²) in [4.78, 5) is 31.4. The third kappa shape index (κ3) is 6.45. The first-order valence-electron chi connectivity index (χ1n) is 14.5. The van der Waals surface area contributed by atoms with Crippen molar-refractivity contribution in [1.29, 1.82) is 0 Å². The molecule has 1 aliphatic rings. The van der Waals surface area contributed by atoms with Crippen molar-refractivity contribution < 1.29 is 14.3 Å². The predicted molar refractivity (Wildman–Crippen MR) is 175 cm³/mol. The van der Waals surface area contributed by atoms with Gasteiger partial charge in [-0.3, -0.25) is 14.5 Å². The molecule has 0 atom stereocenters. The molecule has 9 nitrogen and oxygen atoms in total. The standard InChI is InChI=1S/C33H37FN6O3S/c1-6-20(2)26(16-23-18-38(4)13-14-39(23)5)35-28-17-27(37-40(19-41)33(28)43)24-11-12-25(34)31(21(24)3)36-32(42)30-15-22-9-7-8-10-29(22)44-30/h7-12,15-17,35,41H,6,13-14,18-19H2,1-5H3,(H,36,42)/b23-16-,26-20?. The fourth-order valence-electron chi connectivity index (χ4n) is 5.10. The smallest absolute Gasteiger partial charge is 0.292 e. The van der Waals surface area contributed by atoms with Gasteiger partial charge in [0.1, 0.15) is 18.2 Å². The fourth-order valence-corrected chi connectivity index (χ4v) is 6.06. The molecule has 4 aromatic rings. The lowest BCUT2D eigenvalue weighted by atomic mass is 10.0. The van der Waals surface area contributed by atoms with Crippen molar-refractivity contribution in [2.45, 2.75) is 33.9 Å². The number of thiophene rings is 1. The van der Waals surface area contributed by atoms with Crippen LogP contribution in [0.2, 0.25) is 0 Å². The van der Waals surface area contributed by atoms with Crippen LogP contribution in [0.5, 0.6) is 0 Å². The second-order valence-electron chi connectivity index (χ2n) is 11.1. The SMILES string of the molecule is CCC(C)=C(/C=C1/CN(C)CCN1C)Nc1cc(-c2ccc(F)c(NC(=O)c3cc4ccccc4s3)c2C)nn(CO)c1=O. The molecule has 1 fully saturated rings. The molecule has 2 aromatic carbocycles. The van der Waals surface area contributed by atoms with Crippen molar-refractivity contribution in [1.82, 2.24) is 19.6 Å². The Labute approximate surface area is 259 Å². The zero-order valence-corrected chi connectivity index (χ0v) is 26.4. The van der Waals surface area contributed by atoms with Gasteiger partial charge in [-0.2, -0.15) is 5.10 Å². The first-order chi connectivity index (χ1) is 21.1. The van der Waals surface area contributed by atoms with Gasteiger partial charge in [0.2, 0.25) is 0 Å². The number of amides is 1. The average molecular weight is 617 g/mol. The van der Waals surface area contributed by atoms with Crippen molar-refractivity contribution in [3.8, 4) is 11.3 Å². The Morgan fingerprint density at radius 1 is 1.14 bits per heavy atom. The minimum absolute atomic E-state index is 0.0274. The van der Waals surface area contributed by atoms with E-state index >= 15 is 4.39 Å². The molecule has 0 aliphatic carbocycles. The Kier molecular flexibility index (Phi) is 9.28. The molecule has 0 radical (unpaired) electrons. The second kappa shape index (κ2) is 13.1. The summed E-state index contributed by atoms with van der Waals surface area (Å²) in [6.45, 7) is 7.73. The first kappa shape index (κ1) is 31.1. The minimum atomic E-state index is -0.641. The van der Waals surface area contributed by atoms with Gasteiger partial charge in [0.25, 0.3) is 11.5 Å². The van der Waals surface area contributed by atoms with Gasteiger partial charge in [-0.1, -0.05) is 30.7 Å². The maximum Gasteiger partial charge on any atom is 0.292 e. The average Bonchev–Trinajstić information content (AvgIpc) is 3.46. The summed E-state index contributed by atoms with van der Waals surface area (Å²) in [7, 11) is 4.12. The van der Waals surface area contributed by atoms with Gasteiger partial charge in [-0.15, -0.1) is 11.3 Å². The normalized spacial score (nSPS) is 15.5. The van der Waals surface area contributed by atoms with Crippen LogP contribution in [0.15, 0.2) is 76.4 Å². The Morgan fingerprint density at radius 3 is 2.64 bits per heavy atom. The Bertz CT molecular complexity index is 1810. The van der Waals surface area contributed by atoms with Gasteiger partial charge in [0.15, 0.2) is 0 Å². The van der Waals surface area contributed by atoms with Gasteiger partial charge in [0.05, 0.1) is 16.3 Å². The Morgan fingerprint density at radius 2 is 1.91 bits per heavy atom. The predicted octanol–water partition coefficient (Wildman–Crippen LogP) is 5.63. The summed E-state index contributed by atoms with van der Waals surface area (Å²) >= 11 is 1.33. The number of benzene rings is 2. The number of carbonyl (C=O) groups is 1. The molecule has 44 heavy (non-hydrogen) atoms. The van der Waals surface area contributed by atoms with E-state index in [2.05, 4.69) is 45.7 Å².